The molecular formula is C13H17BN2O3. The molecule has 1 aliphatic heterocycles. The molecule has 3 rings (SSSR count). The van der Waals surface area contributed by atoms with E-state index in [9.17, 15) is 0 Å². The monoisotopic (exact) mass is 260 g/mol. The van der Waals surface area contributed by atoms with Crippen LogP contribution in [0.3, 0.4) is 0 Å². The predicted octanol–water partition coefficient (Wildman–Crippen LogP) is 1.71. The summed E-state index contributed by atoms with van der Waals surface area (Å²) in [5, 5.41) is 0. The van der Waals surface area contributed by atoms with Crippen LogP contribution in [0.4, 0.5) is 5.69 Å². The molecule has 2 aromatic rings. The first-order valence-corrected chi connectivity index (χ1v) is 6.29. The molecule has 0 radical (unpaired) electrons. The molecule has 0 unspecified atom stereocenters. The van der Waals surface area contributed by atoms with Gasteiger partial charge in [0.2, 0.25) is 0 Å². The normalized spacial score (nSPS) is 21.2. The average molecular weight is 260 g/mol. The lowest BCUT2D eigenvalue weighted by molar-refractivity contribution is 0.00578. The molecular weight excluding hydrogens is 243 g/mol. The summed E-state index contributed by atoms with van der Waals surface area (Å²) in [6.07, 6.45) is 1.38. The van der Waals surface area contributed by atoms with E-state index >= 15 is 0 Å². The van der Waals surface area contributed by atoms with Crippen LogP contribution in [0, 0.1) is 0 Å². The smallest absolute Gasteiger partial charge is 0.444 e. The predicted molar refractivity (Wildman–Crippen MR) is 74.1 cm³/mol. The fourth-order valence-electron chi connectivity index (χ4n) is 2.15. The number of fused-ring (bicyclic) bond motifs is 1. The highest BCUT2D eigenvalue weighted by molar-refractivity contribution is 6.64. The van der Waals surface area contributed by atoms with Gasteiger partial charge in [-0.3, -0.25) is 0 Å². The van der Waals surface area contributed by atoms with Crippen molar-refractivity contribution in [3.05, 3.63) is 18.5 Å². The van der Waals surface area contributed by atoms with Crippen molar-refractivity contribution < 1.29 is 13.7 Å². The van der Waals surface area contributed by atoms with Gasteiger partial charge in [0.05, 0.1) is 16.9 Å². The maximum absolute atomic E-state index is 6.02. The van der Waals surface area contributed by atoms with Crippen molar-refractivity contribution in [3.63, 3.8) is 0 Å². The molecule has 6 heteroatoms. The Morgan fingerprint density at radius 1 is 1.11 bits per heavy atom. The van der Waals surface area contributed by atoms with Crippen LogP contribution in [0.25, 0.3) is 11.1 Å². The Morgan fingerprint density at radius 2 is 1.74 bits per heavy atom. The molecule has 0 saturated carbocycles. The maximum Gasteiger partial charge on any atom is 0.498 e. The number of nitrogens with zero attached hydrogens (tertiary/aromatic N) is 1. The molecule has 2 heterocycles. The Balaban J connectivity index is 2.08. The largest absolute Gasteiger partial charge is 0.498 e. The van der Waals surface area contributed by atoms with Gasteiger partial charge in [-0.2, -0.15) is 0 Å². The summed E-state index contributed by atoms with van der Waals surface area (Å²) in [4.78, 5) is 4.12. The second-order valence-electron chi connectivity index (χ2n) is 5.86. The number of hydrogen-bond donors (Lipinski definition) is 1. The summed E-state index contributed by atoms with van der Waals surface area (Å²) >= 11 is 0. The van der Waals surface area contributed by atoms with Crippen LogP contribution >= 0.6 is 0 Å². The average Bonchev–Trinajstić information content (AvgIpc) is 2.84. The zero-order valence-corrected chi connectivity index (χ0v) is 11.6. The molecule has 0 atom stereocenters. The third kappa shape index (κ3) is 1.75. The Kier molecular flexibility index (Phi) is 2.46. The van der Waals surface area contributed by atoms with Crippen LogP contribution in [0.5, 0.6) is 0 Å². The second-order valence-corrected chi connectivity index (χ2v) is 5.86. The minimum atomic E-state index is -0.471. The molecule has 19 heavy (non-hydrogen) atoms. The zero-order valence-electron chi connectivity index (χ0n) is 11.6. The Bertz CT molecular complexity index is 620. The minimum absolute atomic E-state index is 0.384. The Labute approximate surface area is 112 Å². The first kappa shape index (κ1) is 12.5. The number of nitrogens with two attached hydrogens (primary N) is 1. The van der Waals surface area contributed by atoms with E-state index in [4.69, 9.17) is 19.5 Å². The highest BCUT2D eigenvalue weighted by atomic mass is 16.7. The van der Waals surface area contributed by atoms with Crippen molar-refractivity contribution in [2.24, 2.45) is 0 Å². The SMILES string of the molecule is CC1(C)OB(c2ccc(N)c3ncoc23)OC1(C)C. The number of nitrogen functional groups attached to an aromatic ring is 1. The number of aromatic nitrogens is 1. The third-order valence-electron chi connectivity index (χ3n) is 4.05. The number of oxazole rings is 1. The standard InChI is InChI=1S/C13H17BN2O3/c1-12(2)13(3,4)19-14(18-12)8-5-6-9(15)10-11(8)17-7-16-10/h5-7H,15H2,1-4H3. The Morgan fingerprint density at radius 3 is 2.37 bits per heavy atom. The van der Waals surface area contributed by atoms with Crippen LogP contribution in [-0.4, -0.2) is 23.3 Å². The van der Waals surface area contributed by atoms with E-state index in [1.54, 1.807) is 6.07 Å². The lowest BCUT2D eigenvalue weighted by Crippen LogP contribution is -2.41. The van der Waals surface area contributed by atoms with E-state index in [1.807, 2.05) is 33.8 Å². The van der Waals surface area contributed by atoms with Crippen molar-refractivity contribution in [3.8, 4) is 0 Å². The van der Waals surface area contributed by atoms with Crippen LogP contribution in [-0.2, 0) is 9.31 Å². The van der Waals surface area contributed by atoms with Gasteiger partial charge in [0.15, 0.2) is 12.0 Å². The first-order chi connectivity index (χ1) is 8.82. The molecule has 1 saturated heterocycles. The summed E-state index contributed by atoms with van der Waals surface area (Å²) in [6, 6.07) is 3.66. The molecule has 0 bridgehead atoms. The van der Waals surface area contributed by atoms with Gasteiger partial charge in [-0.05, 0) is 33.8 Å². The molecule has 1 aromatic heterocycles. The molecule has 5 nitrogen and oxygen atoms in total. The van der Waals surface area contributed by atoms with Crippen molar-refractivity contribution in [2.75, 3.05) is 5.73 Å². The van der Waals surface area contributed by atoms with E-state index < -0.39 is 7.12 Å². The van der Waals surface area contributed by atoms with E-state index in [0.717, 1.165) is 5.46 Å². The van der Waals surface area contributed by atoms with E-state index in [1.165, 1.54) is 6.39 Å². The van der Waals surface area contributed by atoms with E-state index in [0.29, 0.717) is 16.8 Å². The van der Waals surface area contributed by atoms with Crippen LogP contribution in [0.1, 0.15) is 27.7 Å². The highest BCUT2D eigenvalue weighted by Gasteiger charge is 2.52. The molecule has 100 valence electrons. The second kappa shape index (κ2) is 3.74. The lowest BCUT2D eigenvalue weighted by Gasteiger charge is -2.32. The highest BCUT2D eigenvalue weighted by Crippen LogP contribution is 2.37. The molecule has 1 aromatic carbocycles. The van der Waals surface area contributed by atoms with Crippen molar-refractivity contribution in [1.82, 2.24) is 4.98 Å². The number of rotatable bonds is 1. The molecule has 0 aliphatic carbocycles. The molecule has 1 fully saturated rings. The number of benzene rings is 1. The quantitative estimate of drug-likeness (QED) is 0.624. The molecule has 1 aliphatic rings. The summed E-state index contributed by atoms with van der Waals surface area (Å²) in [5.74, 6) is 0. The van der Waals surface area contributed by atoms with Crippen molar-refractivity contribution >= 4 is 29.4 Å². The Hall–Kier alpha value is -1.53. The molecule has 2 N–H and O–H groups in total. The van der Waals surface area contributed by atoms with Gasteiger partial charge >= 0.3 is 7.12 Å². The summed E-state index contributed by atoms with van der Waals surface area (Å²) in [5.41, 5.74) is 7.78. The van der Waals surface area contributed by atoms with Crippen molar-refractivity contribution in [1.29, 1.82) is 0 Å². The van der Waals surface area contributed by atoms with Gasteiger partial charge < -0.3 is 19.5 Å². The fourth-order valence-corrected chi connectivity index (χ4v) is 2.15. The van der Waals surface area contributed by atoms with Gasteiger partial charge in [-0.1, -0.05) is 6.07 Å². The summed E-state index contributed by atoms with van der Waals surface area (Å²) in [6.45, 7) is 8.06. The topological polar surface area (TPSA) is 70.5 Å². The van der Waals surface area contributed by atoms with Crippen molar-refractivity contribution in [2.45, 2.75) is 38.9 Å². The number of anilines is 1. The lowest BCUT2D eigenvalue weighted by atomic mass is 9.78. The van der Waals surface area contributed by atoms with Gasteiger partial charge in [0.25, 0.3) is 0 Å². The maximum atomic E-state index is 6.02. The van der Waals surface area contributed by atoms with Crippen LogP contribution < -0.4 is 11.2 Å². The number of hydrogen-bond acceptors (Lipinski definition) is 5. The third-order valence-corrected chi connectivity index (χ3v) is 4.05. The zero-order chi connectivity index (χ0) is 13.8. The van der Waals surface area contributed by atoms with Gasteiger partial charge in [-0.15, -0.1) is 0 Å². The summed E-state index contributed by atoms with van der Waals surface area (Å²) < 4.78 is 17.5. The van der Waals surface area contributed by atoms with Crippen LogP contribution in [0.15, 0.2) is 22.9 Å². The van der Waals surface area contributed by atoms with Crippen LogP contribution in [0.2, 0.25) is 0 Å². The fraction of sp³-hybridized carbons (Fsp3) is 0.462. The minimum Gasteiger partial charge on any atom is -0.444 e. The van der Waals surface area contributed by atoms with Gasteiger partial charge in [0.1, 0.15) is 5.52 Å². The van der Waals surface area contributed by atoms with Gasteiger partial charge in [-0.25, -0.2) is 4.98 Å². The molecule has 0 amide bonds. The van der Waals surface area contributed by atoms with Gasteiger partial charge in [0, 0.05) is 5.46 Å². The summed E-state index contributed by atoms with van der Waals surface area (Å²) in [7, 11) is -0.471. The first-order valence-electron chi connectivity index (χ1n) is 6.29. The molecule has 0 spiro atoms. The van der Waals surface area contributed by atoms with E-state index in [2.05, 4.69) is 4.98 Å². The van der Waals surface area contributed by atoms with E-state index in [-0.39, 0.29) is 11.2 Å².